The second-order valence-electron chi connectivity index (χ2n) is 7.34. The maximum Gasteiger partial charge on any atom is 0.159 e. The van der Waals surface area contributed by atoms with Gasteiger partial charge in [0.15, 0.2) is 5.82 Å². The monoisotopic (exact) mass is 425 g/mol. The standard InChI is InChI=1S/C23H16FN7O/c1-32-16-7-13(6-15(24)9-16)20-22-19(4-5-25-20)28-23(29-22)21-17-8-12(14-10-26-27-11-14)2-3-18(17)30-31-21/h2-11H,1H3,(H,26,27)(H,28,29)(H,30,31). The molecule has 4 heterocycles. The van der Waals surface area contributed by atoms with Gasteiger partial charge in [-0.3, -0.25) is 15.2 Å². The smallest absolute Gasteiger partial charge is 0.159 e. The molecule has 156 valence electrons. The second kappa shape index (κ2) is 7.02. The molecule has 0 aliphatic rings. The van der Waals surface area contributed by atoms with E-state index < -0.39 is 5.82 Å². The molecule has 0 unspecified atom stereocenters. The number of fused-ring (bicyclic) bond motifs is 2. The molecule has 0 aliphatic heterocycles. The Morgan fingerprint density at radius 2 is 1.88 bits per heavy atom. The Morgan fingerprint density at radius 1 is 0.938 bits per heavy atom. The molecule has 0 aliphatic carbocycles. The molecule has 0 radical (unpaired) electrons. The SMILES string of the molecule is COc1cc(F)cc(-c2nccc3[nH]c(-c4n[nH]c5ccc(-c6cn[nH]c6)cc45)nc23)c1. The molecule has 32 heavy (non-hydrogen) atoms. The molecule has 0 amide bonds. The summed E-state index contributed by atoms with van der Waals surface area (Å²) in [5.41, 5.74) is 6.11. The van der Waals surface area contributed by atoms with Crippen LogP contribution in [-0.4, -0.2) is 42.5 Å². The highest BCUT2D eigenvalue weighted by Crippen LogP contribution is 2.33. The van der Waals surface area contributed by atoms with E-state index in [9.17, 15) is 4.39 Å². The molecule has 4 aromatic heterocycles. The van der Waals surface area contributed by atoms with E-state index in [1.54, 1.807) is 18.5 Å². The van der Waals surface area contributed by atoms with Gasteiger partial charge in [-0.1, -0.05) is 6.07 Å². The number of aromatic nitrogens is 7. The maximum absolute atomic E-state index is 14.1. The number of benzene rings is 2. The zero-order valence-corrected chi connectivity index (χ0v) is 16.8. The Morgan fingerprint density at radius 3 is 2.72 bits per heavy atom. The van der Waals surface area contributed by atoms with Crippen LogP contribution in [0.25, 0.3) is 55.8 Å². The zero-order chi connectivity index (χ0) is 21.7. The first-order valence-corrected chi connectivity index (χ1v) is 9.87. The molecule has 6 rings (SSSR count). The minimum Gasteiger partial charge on any atom is -0.497 e. The van der Waals surface area contributed by atoms with Gasteiger partial charge in [0.1, 0.15) is 22.8 Å². The number of methoxy groups -OCH3 is 1. The minimum absolute atomic E-state index is 0.404. The predicted octanol–water partition coefficient (Wildman–Crippen LogP) is 4.71. The first-order valence-electron chi connectivity index (χ1n) is 9.87. The Balaban J connectivity index is 1.51. The quantitative estimate of drug-likeness (QED) is 0.379. The third-order valence-corrected chi connectivity index (χ3v) is 5.40. The van der Waals surface area contributed by atoms with Gasteiger partial charge < -0.3 is 9.72 Å². The first-order chi connectivity index (χ1) is 15.7. The lowest BCUT2D eigenvalue weighted by molar-refractivity contribution is 0.411. The molecule has 3 N–H and O–H groups in total. The molecule has 0 spiro atoms. The first kappa shape index (κ1) is 18.3. The minimum atomic E-state index is -0.404. The van der Waals surface area contributed by atoms with E-state index >= 15 is 0 Å². The van der Waals surface area contributed by atoms with E-state index in [-0.39, 0.29) is 0 Å². The van der Waals surface area contributed by atoms with Crippen molar-refractivity contribution < 1.29 is 9.13 Å². The molecule has 0 bridgehead atoms. The van der Waals surface area contributed by atoms with Crippen molar-refractivity contribution in [2.45, 2.75) is 0 Å². The third kappa shape index (κ3) is 2.90. The van der Waals surface area contributed by atoms with Gasteiger partial charge in [-0.2, -0.15) is 10.2 Å². The average molecular weight is 425 g/mol. The number of H-pyrrole nitrogens is 3. The number of hydrogen-bond acceptors (Lipinski definition) is 5. The van der Waals surface area contributed by atoms with Crippen LogP contribution in [0.2, 0.25) is 0 Å². The van der Waals surface area contributed by atoms with E-state index in [0.717, 1.165) is 27.5 Å². The van der Waals surface area contributed by atoms with Crippen molar-refractivity contribution in [1.82, 2.24) is 35.3 Å². The summed E-state index contributed by atoms with van der Waals surface area (Å²) < 4.78 is 19.3. The predicted molar refractivity (Wildman–Crippen MR) is 119 cm³/mol. The van der Waals surface area contributed by atoms with Crippen molar-refractivity contribution in [3.63, 3.8) is 0 Å². The summed E-state index contributed by atoms with van der Waals surface area (Å²) in [6, 6.07) is 12.3. The van der Waals surface area contributed by atoms with E-state index in [4.69, 9.17) is 9.72 Å². The van der Waals surface area contributed by atoms with Crippen LogP contribution in [0.5, 0.6) is 5.75 Å². The highest BCUT2D eigenvalue weighted by atomic mass is 19.1. The van der Waals surface area contributed by atoms with Gasteiger partial charge in [0.05, 0.1) is 30.0 Å². The number of imidazole rings is 1. The second-order valence-corrected chi connectivity index (χ2v) is 7.34. The molecular formula is C23H16FN7O. The number of aromatic amines is 3. The summed E-state index contributed by atoms with van der Waals surface area (Å²) in [6.07, 6.45) is 5.28. The van der Waals surface area contributed by atoms with Crippen LogP contribution in [0.15, 0.2) is 61.1 Å². The molecule has 6 aromatic rings. The molecule has 9 heteroatoms. The van der Waals surface area contributed by atoms with Crippen LogP contribution in [0.4, 0.5) is 4.39 Å². The van der Waals surface area contributed by atoms with Crippen molar-refractivity contribution in [3.8, 4) is 39.7 Å². The topological polar surface area (TPSA) is 108 Å². The third-order valence-electron chi connectivity index (χ3n) is 5.40. The molecule has 0 atom stereocenters. The van der Waals surface area contributed by atoms with Crippen molar-refractivity contribution in [3.05, 3.63) is 66.9 Å². The molecule has 0 fully saturated rings. The van der Waals surface area contributed by atoms with Gasteiger partial charge in [-0.25, -0.2) is 9.37 Å². The number of hydrogen-bond donors (Lipinski definition) is 3. The molecule has 0 saturated carbocycles. The van der Waals surface area contributed by atoms with Gasteiger partial charge >= 0.3 is 0 Å². The maximum atomic E-state index is 14.1. The molecule has 2 aromatic carbocycles. The molecular weight excluding hydrogens is 409 g/mol. The zero-order valence-electron chi connectivity index (χ0n) is 16.8. The van der Waals surface area contributed by atoms with E-state index in [2.05, 4.69) is 30.4 Å². The summed E-state index contributed by atoms with van der Waals surface area (Å²) >= 11 is 0. The number of nitrogens with zero attached hydrogens (tertiary/aromatic N) is 4. The van der Waals surface area contributed by atoms with Crippen molar-refractivity contribution in [1.29, 1.82) is 0 Å². The van der Waals surface area contributed by atoms with Gasteiger partial charge in [-0.05, 0) is 35.9 Å². The highest BCUT2D eigenvalue weighted by molar-refractivity contribution is 5.97. The number of rotatable bonds is 4. The van der Waals surface area contributed by atoms with Crippen LogP contribution in [0.1, 0.15) is 0 Å². The van der Waals surface area contributed by atoms with Crippen LogP contribution >= 0.6 is 0 Å². The van der Waals surface area contributed by atoms with Gasteiger partial charge in [0.25, 0.3) is 0 Å². The Labute approximate surface area is 180 Å². The Kier molecular flexibility index (Phi) is 4.00. The summed E-state index contributed by atoms with van der Waals surface area (Å²) in [7, 11) is 1.50. The number of halogens is 1. The summed E-state index contributed by atoms with van der Waals surface area (Å²) in [4.78, 5) is 12.6. The lowest BCUT2D eigenvalue weighted by atomic mass is 10.1. The lowest BCUT2D eigenvalue weighted by Gasteiger charge is -2.05. The Hall–Kier alpha value is -4.53. The van der Waals surface area contributed by atoms with Crippen molar-refractivity contribution in [2.75, 3.05) is 7.11 Å². The number of ether oxygens (including phenoxy) is 1. The van der Waals surface area contributed by atoms with Crippen LogP contribution in [-0.2, 0) is 0 Å². The van der Waals surface area contributed by atoms with Gasteiger partial charge in [-0.15, -0.1) is 0 Å². The number of nitrogens with one attached hydrogen (secondary N) is 3. The van der Waals surface area contributed by atoms with Gasteiger partial charge in [0, 0.05) is 35.0 Å². The van der Waals surface area contributed by atoms with E-state index in [1.807, 2.05) is 30.5 Å². The fourth-order valence-electron chi connectivity index (χ4n) is 3.86. The van der Waals surface area contributed by atoms with E-state index in [0.29, 0.717) is 34.0 Å². The van der Waals surface area contributed by atoms with Gasteiger partial charge in [0.2, 0.25) is 0 Å². The molecule has 8 nitrogen and oxygen atoms in total. The highest BCUT2D eigenvalue weighted by Gasteiger charge is 2.17. The average Bonchev–Trinajstić information content (AvgIpc) is 3.56. The van der Waals surface area contributed by atoms with Crippen molar-refractivity contribution in [2.24, 2.45) is 0 Å². The number of pyridine rings is 1. The summed E-state index contributed by atoms with van der Waals surface area (Å²) in [6.45, 7) is 0. The van der Waals surface area contributed by atoms with Crippen LogP contribution in [0.3, 0.4) is 0 Å². The fraction of sp³-hybridized carbons (Fsp3) is 0.0435. The van der Waals surface area contributed by atoms with Crippen molar-refractivity contribution >= 4 is 21.9 Å². The molecule has 0 saturated heterocycles. The van der Waals surface area contributed by atoms with Crippen LogP contribution < -0.4 is 4.74 Å². The fourth-order valence-corrected chi connectivity index (χ4v) is 3.86. The van der Waals surface area contributed by atoms with Crippen LogP contribution in [0, 0.1) is 5.82 Å². The Bertz CT molecular complexity index is 1580. The largest absolute Gasteiger partial charge is 0.497 e. The lowest BCUT2D eigenvalue weighted by Crippen LogP contribution is -1.90. The normalized spacial score (nSPS) is 11.4. The summed E-state index contributed by atoms with van der Waals surface area (Å²) in [5.74, 6) is 0.604. The summed E-state index contributed by atoms with van der Waals surface area (Å²) in [5, 5.41) is 15.3. The van der Waals surface area contributed by atoms with E-state index in [1.165, 1.54) is 19.2 Å².